The number of amides is 1. The Kier molecular flexibility index (Phi) is 5.85. The van der Waals surface area contributed by atoms with E-state index in [0.717, 1.165) is 19.0 Å². The number of hydrogen-bond donors (Lipinski definition) is 2. The molecule has 0 radical (unpaired) electrons. The molecule has 1 heterocycles. The fourth-order valence-electron chi connectivity index (χ4n) is 2.98. The highest BCUT2D eigenvalue weighted by molar-refractivity contribution is 6.29. The molecule has 1 fully saturated rings. The number of carbonyl (C=O) groups excluding carboxylic acids is 1. The quantitative estimate of drug-likeness (QED) is 0.815. The summed E-state index contributed by atoms with van der Waals surface area (Å²) in [5, 5.41) is 6.45. The van der Waals surface area contributed by atoms with E-state index in [1.807, 2.05) is 6.92 Å². The third-order valence-electron chi connectivity index (χ3n) is 4.01. The minimum Gasteiger partial charge on any atom is -0.370 e. The van der Waals surface area contributed by atoms with Gasteiger partial charge in [0, 0.05) is 18.7 Å². The van der Waals surface area contributed by atoms with Gasteiger partial charge in [-0.25, -0.2) is 4.98 Å². The number of rotatable bonds is 5. The number of anilines is 1. The van der Waals surface area contributed by atoms with Gasteiger partial charge in [0.1, 0.15) is 11.0 Å². The third-order valence-corrected chi connectivity index (χ3v) is 4.20. The number of halogens is 1. The first-order valence-corrected chi connectivity index (χ1v) is 8.16. The first-order chi connectivity index (χ1) is 10.1. The average Bonchev–Trinajstić information content (AvgIpc) is 2.44. The van der Waals surface area contributed by atoms with Crippen LogP contribution in [0.2, 0.25) is 5.15 Å². The molecule has 1 aromatic rings. The van der Waals surface area contributed by atoms with E-state index in [9.17, 15) is 4.79 Å². The fraction of sp³-hybridized carbons (Fsp3) is 0.625. The predicted molar refractivity (Wildman–Crippen MR) is 86.9 cm³/mol. The van der Waals surface area contributed by atoms with E-state index in [4.69, 9.17) is 11.6 Å². The molecule has 4 nitrogen and oxygen atoms in total. The van der Waals surface area contributed by atoms with Crippen LogP contribution in [0.1, 0.15) is 49.9 Å². The summed E-state index contributed by atoms with van der Waals surface area (Å²) in [5.41, 5.74) is 0.565. The van der Waals surface area contributed by atoms with Crippen molar-refractivity contribution in [3.05, 3.63) is 22.8 Å². The van der Waals surface area contributed by atoms with Gasteiger partial charge in [0.25, 0.3) is 5.91 Å². The van der Waals surface area contributed by atoms with Crippen LogP contribution >= 0.6 is 11.6 Å². The van der Waals surface area contributed by atoms with Gasteiger partial charge >= 0.3 is 0 Å². The predicted octanol–water partition coefficient (Wildman–Crippen LogP) is 3.72. The van der Waals surface area contributed by atoms with Crippen LogP contribution in [-0.4, -0.2) is 24.0 Å². The Morgan fingerprint density at radius 2 is 2.24 bits per heavy atom. The van der Waals surface area contributed by atoms with Gasteiger partial charge in [-0.2, -0.15) is 0 Å². The van der Waals surface area contributed by atoms with Crippen molar-refractivity contribution in [3.8, 4) is 0 Å². The Hall–Kier alpha value is -1.29. The lowest BCUT2D eigenvalue weighted by Gasteiger charge is -2.26. The molecule has 1 amide bonds. The number of aromatic nitrogens is 1. The van der Waals surface area contributed by atoms with E-state index in [2.05, 4.69) is 22.5 Å². The summed E-state index contributed by atoms with van der Waals surface area (Å²) in [4.78, 5) is 16.4. The van der Waals surface area contributed by atoms with Crippen LogP contribution in [0, 0.1) is 11.8 Å². The van der Waals surface area contributed by atoms with Crippen LogP contribution in [0.3, 0.4) is 0 Å². The van der Waals surface area contributed by atoms with E-state index in [1.54, 1.807) is 12.1 Å². The van der Waals surface area contributed by atoms with Crippen molar-refractivity contribution in [2.75, 3.05) is 18.4 Å². The van der Waals surface area contributed by atoms with Crippen LogP contribution in [0.4, 0.5) is 5.82 Å². The highest BCUT2D eigenvalue weighted by Crippen LogP contribution is 2.28. The maximum atomic E-state index is 12.3. The molecule has 1 aromatic heterocycles. The van der Waals surface area contributed by atoms with E-state index in [1.165, 1.54) is 25.7 Å². The zero-order valence-corrected chi connectivity index (χ0v) is 13.5. The summed E-state index contributed by atoms with van der Waals surface area (Å²) in [6.45, 7) is 5.76. The molecule has 21 heavy (non-hydrogen) atoms. The molecule has 0 aromatic carbocycles. The van der Waals surface area contributed by atoms with E-state index in [-0.39, 0.29) is 5.91 Å². The molecule has 116 valence electrons. The van der Waals surface area contributed by atoms with Gasteiger partial charge in [0.05, 0.1) is 0 Å². The molecule has 0 aliphatic heterocycles. The third kappa shape index (κ3) is 4.88. The van der Waals surface area contributed by atoms with E-state index < -0.39 is 0 Å². The summed E-state index contributed by atoms with van der Waals surface area (Å²) in [6, 6.07) is 3.36. The Labute approximate surface area is 131 Å². The van der Waals surface area contributed by atoms with Crippen molar-refractivity contribution < 1.29 is 4.79 Å². The molecule has 0 spiro atoms. The van der Waals surface area contributed by atoms with Crippen molar-refractivity contribution in [1.29, 1.82) is 0 Å². The smallest absolute Gasteiger partial charge is 0.251 e. The zero-order valence-electron chi connectivity index (χ0n) is 12.8. The monoisotopic (exact) mass is 309 g/mol. The highest BCUT2D eigenvalue weighted by Gasteiger charge is 2.19. The van der Waals surface area contributed by atoms with E-state index in [0.29, 0.717) is 22.5 Å². The maximum Gasteiger partial charge on any atom is 0.251 e. The van der Waals surface area contributed by atoms with Crippen LogP contribution in [0.5, 0.6) is 0 Å². The van der Waals surface area contributed by atoms with Crippen LogP contribution in [0.25, 0.3) is 0 Å². The minimum absolute atomic E-state index is 0.0725. The number of hydrogen-bond acceptors (Lipinski definition) is 3. The van der Waals surface area contributed by atoms with Gasteiger partial charge in [-0.15, -0.1) is 0 Å². The average molecular weight is 310 g/mol. The molecule has 2 atom stereocenters. The molecule has 2 N–H and O–H groups in total. The normalized spacial score (nSPS) is 21.9. The van der Waals surface area contributed by atoms with Crippen molar-refractivity contribution in [1.82, 2.24) is 10.3 Å². The van der Waals surface area contributed by atoms with Crippen molar-refractivity contribution in [3.63, 3.8) is 0 Å². The Morgan fingerprint density at radius 3 is 2.95 bits per heavy atom. The van der Waals surface area contributed by atoms with E-state index >= 15 is 0 Å². The topological polar surface area (TPSA) is 54.0 Å². The standard InChI is InChI=1S/C16H24ClN3O/c1-3-18-15-9-13(8-14(17)20-15)16(21)19-10-12-6-4-5-11(2)7-12/h8-9,11-12H,3-7,10H2,1-2H3,(H,18,20)(H,19,21). The summed E-state index contributed by atoms with van der Waals surface area (Å²) in [6.07, 6.45) is 5.01. The summed E-state index contributed by atoms with van der Waals surface area (Å²) < 4.78 is 0. The lowest BCUT2D eigenvalue weighted by molar-refractivity contribution is 0.0940. The second-order valence-electron chi connectivity index (χ2n) is 5.94. The highest BCUT2D eigenvalue weighted by atomic mass is 35.5. The lowest BCUT2D eigenvalue weighted by atomic mass is 9.82. The van der Waals surface area contributed by atoms with Gasteiger partial charge in [-0.3, -0.25) is 4.79 Å². The zero-order chi connectivity index (χ0) is 15.2. The van der Waals surface area contributed by atoms with Crippen molar-refractivity contribution in [2.45, 2.75) is 39.5 Å². The lowest BCUT2D eigenvalue weighted by Crippen LogP contribution is -2.31. The minimum atomic E-state index is -0.0725. The van der Waals surface area contributed by atoms with Gasteiger partial charge < -0.3 is 10.6 Å². The Bertz CT molecular complexity index is 492. The molecule has 5 heteroatoms. The second kappa shape index (κ2) is 7.64. The largest absolute Gasteiger partial charge is 0.370 e. The van der Waals surface area contributed by atoms with Gasteiger partial charge in [0.15, 0.2) is 0 Å². The second-order valence-corrected chi connectivity index (χ2v) is 6.33. The summed E-state index contributed by atoms with van der Waals surface area (Å²) in [5.74, 6) is 1.94. The number of nitrogens with zero attached hydrogens (tertiary/aromatic N) is 1. The summed E-state index contributed by atoms with van der Waals surface area (Å²) in [7, 11) is 0. The van der Waals surface area contributed by atoms with Crippen molar-refractivity contribution in [2.24, 2.45) is 11.8 Å². The number of pyridine rings is 1. The van der Waals surface area contributed by atoms with Crippen LogP contribution in [0.15, 0.2) is 12.1 Å². The molecule has 0 saturated heterocycles. The SMILES string of the molecule is CCNc1cc(C(=O)NCC2CCCC(C)C2)cc(Cl)n1. The number of nitrogens with one attached hydrogen (secondary N) is 2. The Morgan fingerprint density at radius 1 is 1.43 bits per heavy atom. The van der Waals surface area contributed by atoms with Crippen molar-refractivity contribution >= 4 is 23.3 Å². The number of carbonyl (C=O) groups is 1. The van der Waals surface area contributed by atoms with Gasteiger partial charge in [-0.1, -0.05) is 31.4 Å². The molecular formula is C16H24ClN3O. The molecule has 1 aliphatic carbocycles. The van der Waals surface area contributed by atoms with Gasteiger partial charge in [-0.05, 0) is 43.7 Å². The molecule has 2 unspecified atom stereocenters. The molecule has 1 saturated carbocycles. The fourth-order valence-corrected chi connectivity index (χ4v) is 3.19. The van der Waals surface area contributed by atoms with Crippen LogP contribution < -0.4 is 10.6 Å². The first kappa shape index (κ1) is 16.1. The molecule has 2 rings (SSSR count). The Balaban J connectivity index is 1.93. The molecule has 0 bridgehead atoms. The summed E-state index contributed by atoms with van der Waals surface area (Å²) >= 11 is 5.97. The first-order valence-electron chi connectivity index (χ1n) is 7.78. The molecular weight excluding hydrogens is 286 g/mol. The molecule has 1 aliphatic rings. The van der Waals surface area contributed by atoms with Crippen LogP contribution in [-0.2, 0) is 0 Å². The maximum absolute atomic E-state index is 12.3. The van der Waals surface area contributed by atoms with Gasteiger partial charge in [0.2, 0.25) is 0 Å².